The second kappa shape index (κ2) is 6.88. The second-order valence-electron chi connectivity index (χ2n) is 5.69. The third-order valence-corrected chi connectivity index (χ3v) is 4.14. The Morgan fingerprint density at radius 1 is 1.45 bits per heavy atom. The van der Waals surface area contributed by atoms with Gasteiger partial charge in [-0.2, -0.15) is 0 Å². The Balaban J connectivity index is 2.26. The molecule has 0 bridgehead atoms. The molecule has 1 unspecified atom stereocenters. The maximum atomic E-state index is 4.56. The number of hydrogen-bond acceptors (Lipinski definition) is 5. The van der Waals surface area contributed by atoms with Gasteiger partial charge >= 0.3 is 0 Å². The quantitative estimate of drug-likeness (QED) is 0.892. The van der Waals surface area contributed by atoms with Crippen LogP contribution in [0, 0.1) is 0 Å². The molecule has 112 valence electrons. The average molecular weight is 277 g/mol. The molecule has 1 aliphatic heterocycles. The number of aromatic nitrogens is 2. The minimum Gasteiger partial charge on any atom is -0.373 e. The van der Waals surface area contributed by atoms with Gasteiger partial charge in [-0.1, -0.05) is 13.3 Å². The van der Waals surface area contributed by atoms with Gasteiger partial charge in [0.15, 0.2) is 0 Å². The Kier molecular flexibility index (Phi) is 5.17. The number of likely N-dealkylation sites (tertiary alicyclic amines) is 1. The molecule has 2 rings (SSSR count). The molecule has 1 N–H and O–H groups in total. The van der Waals surface area contributed by atoms with Gasteiger partial charge in [0.25, 0.3) is 0 Å². The summed E-state index contributed by atoms with van der Waals surface area (Å²) in [5.41, 5.74) is 1.24. The minimum atomic E-state index is 0.545. The molecule has 1 atom stereocenters. The van der Waals surface area contributed by atoms with Crippen LogP contribution in [-0.2, 0) is 6.42 Å². The second-order valence-corrected chi connectivity index (χ2v) is 5.69. The zero-order chi connectivity index (χ0) is 14.5. The zero-order valence-electron chi connectivity index (χ0n) is 13.2. The topological polar surface area (TPSA) is 44.3 Å². The van der Waals surface area contributed by atoms with E-state index in [9.17, 15) is 0 Å². The van der Waals surface area contributed by atoms with Crippen LogP contribution in [0.15, 0.2) is 6.33 Å². The van der Waals surface area contributed by atoms with Gasteiger partial charge in [-0.05, 0) is 32.9 Å². The number of hydrogen-bond donors (Lipinski definition) is 1. The molecule has 1 fully saturated rings. The van der Waals surface area contributed by atoms with Gasteiger partial charge < -0.3 is 15.1 Å². The normalized spacial score (nSPS) is 19.9. The van der Waals surface area contributed by atoms with E-state index >= 15 is 0 Å². The van der Waals surface area contributed by atoms with Crippen molar-refractivity contribution in [3.63, 3.8) is 0 Å². The van der Waals surface area contributed by atoms with Crippen molar-refractivity contribution in [1.29, 1.82) is 0 Å². The molecule has 0 spiro atoms. The van der Waals surface area contributed by atoms with Crippen molar-refractivity contribution >= 4 is 11.6 Å². The third kappa shape index (κ3) is 3.20. The molecule has 0 radical (unpaired) electrons. The lowest BCUT2D eigenvalue weighted by Crippen LogP contribution is -2.45. The predicted octanol–water partition coefficient (Wildman–Crippen LogP) is 2.00. The SMILES string of the molecule is CCCc1c(NC)ncnc1N(C)C1CCCN(C)C1. The molecule has 5 heteroatoms. The van der Waals surface area contributed by atoms with Crippen LogP contribution in [0.2, 0.25) is 0 Å². The summed E-state index contributed by atoms with van der Waals surface area (Å²) in [5.74, 6) is 2.05. The summed E-state index contributed by atoms with van der Waals surface area (Å²) in [6.45, 7) is 4.52. The van der Waals surface area contributed by atoms with E-state index in [4.69, 9.17) is 0 Å². The minimum absolute atomic E-state index is 0.545. The summed E-state index contributed by atoms with van der Waals surface area (Å²) in [6.07, 6.45) is 6.29. The molecule has 0 saturated carbocycles. The first-order valence-electron chi connectivity index (χ1n) is 7.60. The molecule has 0 amide bonds. The van der Waals surface area contributed by atoms with Crippen LogP contribution in [0.4, 0.5) is 11.6 Å². The van der Waals surface area contributed by atoms with Gasteiger partial charge in [-0.3, -0.25) is 0 Å². The summed E-state index contributed by atoms with van der Waals surface area (Å²) >= 11 is 0. The predicted molar refractivity (Wildman–Crippen MR) is 84.5 cm³/mol. The van der Waals surface area contributed by atoms with Gasteiger partial charge in [0, 0.05) is 32.2 Å². The molecule has 1 aromatic rings. The number of likely N-dealkylation sites (N-methyl/N-ethyl adjacent to an activating group) is 2. The van der Waals surface area contributed by atoms with Crippen molar-refractivity contribution in [2.75, 3.05) is 44.4 Å². The van der Waals surface area contributed by atoms with Crippen molar-refractivity contribution in [1.82, 2.24) is 14.9 Å². The van der Waals surface area contributed by atoms with Gasteiger partial charge in [0.2, 0.25) is 0 Å². The first-order valence-corrected chi connectivity index (χ1v) is 7.60. The largest absolute Gasteiger partial charge is 0.373 e. The van der Waals surface area contributed by atoms with E-state index in [1.54, 1.807) is 6.33 Å². The number of rotatable bonds is 5. The number of nitrogens with zero attached hydrogens (tertiary/aromatic N) is 4. The fraction of sp³-hybridized carbons (Fsp3) is 0.733. The number of piperidine rings is 1. The summed E-state index contributed by atoms with van der Waals surface area (Å²) in [4.78, 5) is 13.7. The van der Waals surface area contributed by atoms with Crippen molar-refractivity contribution in [3.05, 3.63) is 11.9 Å². The smallest absolute Gasteiger partial charge is 0.137 e. The highest BCUT2D eigenvalue weighted by molar-refractivity contribution is 5.58. The fourth-order valence-corrected chi connectivity index (χ4v) is 3.03. The summed E-state index contributed by atoms with van der Waals surface area (Å²) in [5, 5.41) is 3.20. The average Bonchev–Trinajstić information content (AvgIpc) is 2.47. The van der Waals surface area contributed by atoms with Crippen molar-refractivity contribution in [2.24, 2.45) is 0 Å². The Morgan fingerprint density at radius 2 is 2.25 bits per heavy atom. The van der Waals surface area contributed by atoms with E-state index in [1.165, 1.54) is 24.9 Å². The monoisotopic (exact) mass is 277 g/mol. The Morgan fingerprint density at radius 3 is 2.90 bits per heavy atom. The van der Waals surface area contributed by atoms with Crippen LogP contribution < -0.4 is 10.2 Å². The van der Waals surface area contributed by atoms with Crippen LogP contribution in [0.3, 0.4) is 0 Å². The molecular weight excluding hydrogens is 250 g/mol. The summed E-state index contributed by atoms with van der Waals surface area (Å²) in [6, 6.07) is 0.545. The van der Waals surface area contributed by atoms with Gasteiger partial charge in [-0.15, -0.1) is 0 Å². The molecular formula is C15H27N5. The Bertz CT molecular complexity index is 434. The van der Waals surface area contributed by atoms with E-state index in [0.29, 0.717) is 6.04 Å². The Labute approximate surface area is 122 Å². The highest BCUT2D eigenvalue weighted by atomic mass is 15.2. The lowest BCUT2D eigenvalue weighted by Gasteiger charge is -2.37. The number of anilines is 2. The molecule has 0 aromatic carbocycles. The highest BCUT2D eigenvalue weighted by Crippen LogP contribution is 2.27. The lowest BCUT2D eigenvalue weighted by atomic mass is 10.0. The molecule has 0 aliphatic carbocycles. The zero-order valence-corrected chi connectivity index (χ0v) is 13.2. The number of nitrogens with one attached hydrogen (secondary N) is 1. The molecule has 1 saturated heterocycles. The maximum absolute atomic E-state index is 4.56. The van der Waals surface area contributed by atoms with Crippen LogP contribution in [0.25, 0.3) is 0 Å². The van der Waals surface area contributed by atoms with E-state index in [1.807, 2.05) is 7.05 Å². The molecule has 2 heterocycles. The molecule has 1 aliphatic rings. The molecule has 20 heavy (non-hydrogen) atoms. The van der Waals surface area contributed by atoms with Crippen molar-refractivity contribution < 1.29 is 0 Å². The van der Waals surface area contributed by atoms with E-state index < -0.39 is 0 Å². The van der Waals surface area contributed by atoms with E-state index in [0.717, 1.165) is 31.0 Å². The van der Waals surface area contributed by atoms with Gasteiger partial charge in [-0.25, -0.2) is 9.97 Å². The summed E-state index contributed by atoms with van der Waals surface area (Å²) in [7, 11) is 6.30. The van der Waals surface area contributed by atoms with Crippen LogP contribution in [-0.4, -0.2) is 55.1 Å². The first-order chi connectivity index (χ1) is 9.67. The fourth-order valence-electron chi connectivity index (χ4n) is 3.03. The van der Waals surface area contributed by atoms with E-state index in [2.05, 4.69) is 46.1 Å². The lowest BCUT2D eigenvalue weighted by molar-refractivity contribution is 0.247. The van der Waals surface area contributed by atoms with Crippen LogP contribution >= 0.6 is 0 Å². The first kappa shape index (κ1) is 15.0. The third-order valence-electron chi connectivity index (χ3n) is 4.14. The molecule has 1 aromatic heterocycles. The standard InChI is InChI=1S/C15H27N5/c1-5-7-13-14(16-2)17-11-18-15(13)20(4)12-8-6-9-19(3)10-12/h11-12H,5-10H2,1-4H3,(H,16,17,18). The van der Waals surface area contributed by atoms with Crippen LogP contribution in [0.5, 0.6) is 0 Å². The Hall–Kier alpha value is -1.36. The van der Waals surface area contributed by atoms with Gasteiger partial charge in [0.1, 0.15) is 18.0 Å². The summed E-state index contributed by atoms with van der Waals surface area (Å²) < 4.78 is 0. The van der Waals surface area contributed by atoms with Gasteiger partial charge in [0.05, 0.1) is 0 Å². The maximum Gasteiger partial charge on any atom is 0.137 e. The van der Waals surface area contributed by atoms with E-state index in [-0.39, 0.29) is 0 Å². The van der Waals surface area contributed by atoms with Crippen molar-refractivity contribution in [3.8, 4) is 0 Å². The van der Waals surface area contributed by atoms with Crippen LogP contribution in [0.1, 0.15) is 31.7 Å². The van der Waals surface area contributed by atoms with Crippen molar-refractivity contribution in [2.45, 2.75) is 38.6 Å². The highest BCUT2D eigenvalue weighted by Gasteiger charge is 2.24. The molecule has 5 nitrogen and oxygen atoms in total.